The predicted octanol–water partition coefficient (Wildman–Crippen LogP) is 2.85. The molecule has 1 aliphatic rings. The molecule has 2 N–H and O–H groups in total. The van der Waals surface area contributed by atoms with Crippen LogP contribution in [0.15, 0.2) is 53.4 Å². The van der Waals surface area contributed by atoms with Gasteiger partial charge in [-0.15, -0.1) is 0 Å². The predicted molar refractivity (Wildman–Crippen MR) is 106 cm³/mol. The summed E-state index contributed by atoms with van der Waals surface area (Å²) in [6, 6.07) is 11.0. The molecule has 1 heterocycles. The number of alkyl halides is 1. The van der Waals surface area contributed by atoms with Crippen LogP contribution in [0, 0.1) is 16.0 Å². The highest BCUT2D eigenvalue weighted by atomic mass is 32.2. The molecule has 0 spiro atoms. The van der Waals surface area contributed by atoms with Crippen LogP contribution in [-0.2, 0) is 14.8 Å². The molecule has 2 aromatic rings. The monoisotopic (exact) mass is 437 g/mol. The summed E-state index contributed by atoms with van der Waals surface area (Å²) in [5.74, 6) is -0.914. The highest BCUT2D eigenvalue weighted by Crippen LogP contribution is 2.29. The fourth-order valence-corrected chi connectivity index (χ4v) is 4.05. The number of nitrogens with zero attached hydrogens (tertiary/aromatic N) is 1. The van der Waals surface area contributed by atoms with Crippen molar-refractivity contribution in [3.05, 3.63) is 64.2 Å². The lowest BCUT2D eigenvalue weighted by atomic mass is 9.99. The summed E-state index contributed by atoms with van der Waals surface area (Å²) in [4.78, 5) is 22.5. The number of halogens is 1. The zero-order chi connectivity index (χ0) is 21.7. The van der Waals surface area contributed by atoms with Gasteiger partial charge in [0.25, 0.3) is 21.6 Å². The van der Waals surface area contributed by atoms with E-state index in [1.807, 2.05) is 4.72 Å². The van der Waals surface area contributed by atoms with E-state index in [1.54, 1.807) is 18.2 Å². The number of benzene rings is 2. The first-order valence-corrected chi connectivity index (χ1v) is 10.6. The van der Waals surface area contributed by atoms with E-state index in [2.05, 4.69) is 5.32 Å². The van der Waals surface area contributed by atoms with Crippen LogP contribution in [0.2, 0.25) is 0 Å². The summed E-state index contributed by atoms with van der Waals surface area (Å²) in [7, 11) is -4.32. The van der Waals surface area contributed by atoms with Crippen LogP contribution in [0.5, 0.6) is 0 Å². The lowest BCUT2D eigenvalue weighted by molar-refractivity contribution is -0.384. The van der Waals surface area contributed by atoms with Crippen molar-refractivity contribution in [1.29, 1.82) is 0 Å². The van der Waals surface area contributed by atoms with E-state index in [0.29, 0.717) is 6.42 Å². The maximum atomic E-state index is 13.3. The SMILES string of the molecule is O=C(NS(=O)(=O)c1ccc(NCC2CCOC(F)C2)c([N+](=O)[O-])c1)c1ccccc1. The topological polar surface area (TPSA) is 128 Å². The molecule has 160 valence electrons. The molecule has 1 amide bonds. The lowest BCUT2D eigenvalue weighted by Gasteiger charge is -2.25. The summed E-state index contributed by atoms with van der Waals surface area (Å²) in [5.41, 5.74) is -0.222. The summed E-state index contributed by atoms with van der Waals surface area (Å²) in [6.45, 7) is 0.551. The van der Waals surface area contributed by atoms with Gasteiger partial charge in [-0.25, -0.2) is 17.5 Å². The van der Waals surface area contributed by atoms with Crippen LogP contribution in [0.3, 0.4) is 0 Å². The minimum absolute atomic E-state index is 0.0677. The van der Waals surface area contributed by atoms with Gasteiger partial charge in [-0.1, -0.05) is 18.2 Å². The number of carbonyl (C=O) groups is 1. The molecular weight excluding hydrogens is 417 g/mol. The lowest BCUT2D eigenvalue weighted by Crippen LogP contribution is -2.30. The van der Waals surface area contributed by atoms with Crippen molar-refractivity contribution < 1.29 is 27.3 Å². The van der Waals surface area contributed by atoms with Crippen molar-refractivity contribution in [3.63, 3.8) is 0 Å². The van der Waals surface area contributed by atoms with Crippen molar-refractivity contribution in [1.82, 2.24) is 4.72 Å². The molecule has 2 aromatic carbocycles. The van der Waals surface area contributed by atoms with Gasteiger partial charge in [0, 0.05) is 24.6 Å². The quantitative estimate of drug-likeness (QED) is 0.503. The molecule has 1 fully saturated rings. The van der Waals surface area contributed by atoms with Gasteiger partial charge in [0.15, 0.2) is 6.36 Å². The molecule has 0 aromatic heterocycles. The molecule has 9 nitrogen and oxygen atoms in total. The third kappa shape index (κ3) is 5.30. The Morgan fingerprint density at radius 3 is 2.63 bits per heavy atom. The number of amides is 1. The third-order valence-corrected chi connectivity index (χ3v) is 5.99. The van der Waals surface area contributed by atoms with E-state index >= 15 is 0 Å². The highest BCUT2D eigenvalue weighted by molar-refractivity contribution is 7.90. The van der Waals surface area contributed by atoms with E-state index in [0.717, 1.165) is 12.1 Å². The van der Waals surface area contributed by atoms with Gasteiger partial charge >= 0.3 is 0 Å². The Morgan fingerprint density at radius 1 is 1.23 bits per heavy atom. The fraction of sp³-hybridized carbons (Fsp3) is 0.316. The minimum Gasteiger partial charge on any atom is -0.379 e. The zero-order valence-corrected chi connectivity index (χ0v) is 16.6. The molecule has 0 radical (unpaired) electrons. The number of anilines is 1. The Kier molecular flexibility index (Phi) is 6.63. The van der Waals surface area contributed by atoms with E-state index in [-0.39, 0.29) is 36.7 Å². The van der Waals surface area contributed by atoms with E-state index < -0.39 is 37.8 Å². The van der Waals surface area contributed by atoms with Gasteiger partial charge in [-0.3, -0.25) is 14.9 Å². The number of carbonyl (C=O) groups excluding carboxylic acids is 1. The Labute approximate surface area is 172 Å². The molecular formula is C19H20FN3O6S. The van der Waals surface area contributed by atoms with Crippen LogP contribution < -0.4 is 10.0 Å². The first-order valence-electron chi connectivity index (χ1n) is 9.16. The van der Waals surface area contributed by atoms with Gasteiger partial charge in [0.1, 0.15) is 5.69 Å². The van der Waals surface area contributed by atoms with Crippen LogP contribution in [0.4, 0.5) is 15.8 Å². The molecule has 3 rings (SSSR count). The second kappa shape index (κ2) is 9.18. The number of hydrogen-bond acceptors (Lipinski definition) is 7. The summed E-state index contributed by atoms with van der Waals surface area (Å²) < 4.78 is 45.1. The van der Waals surface area contributed by atoms with Gasteiger partial charge in [-0.2, -0.15) is 0 Å². The number of nitro groups is 1. The van der Waals surface area contributed by atoms with Crippen molar-refractivity contribution in [3.8, 4) is 0 Å². The average molecular weight is 437 g/mol. The van der Waals surface area contributed by atoms with Crippen molar-refractivity contribution in [2.45, 2.75) is 24.1 Å². The first kappa shape index (κ1) is 21.7. The zero-order valence-electron chi connectivity index (χ0n) is 15.8. The highest BCUT2D eigenvalue weighted by Gasteiger charge is 2.25. The molecule has 1 saturated heterocycles. The summed E-state index contributed by atoms with van der Waals surface area (Å²) >= 11 is 0. The van der Waals surface area contributed by atoms with E-state index in [9.17, 15) is 27.7 Å². The van der Waals surface area contributed by atoms with Gasteiger partial charge in [-0.05, 0) is 36.6 Å². The standard InChI is InChI=1S/C19H20FN3O6S/c20-18-10-13(8-9-29-18)12-21-16-7-6-15(11-17(16)23(25)26)30(27,28)22-19(24)14-4-2-1-3-5-14/h1-7,11,13,18,21H,8-10,12H2,(H,22,24). The fourth-order valence-electron chi connectivity index (χ4n) is 3.06. The van der Waals surface area contributed by atoms with Crippen LogP contribution in [-0.4, -0.2) is 38.8 Å². The second-order valence-electron chi connectivity index (χ2n) is 6.79. The largest absolute Gasteiger partial charge is 0.379 e. The van der Waals surface area contributed by atoms with Gasteiger partial charge in [0.2, 0.25) is 0 Å². The number of ether oxygens (including phenoxy) is 1. The minimum atomic E-state index is -4.32. The van der Waals surface area contributed by atoms with Crippen molar-refractivity contribution >= 4 is 27.3 Å². The Balaban J connectivity index is 1.76. The average Bonchev–Trinajstić information content (AvgIpc) is 2.72. The Bertz CT molecular complexity index is 1030. The van der Waals surface area contributed by atoms with Crippen LogP contribution >= 0.6 is 0 Å². The van der Waals surface area contributed by atoms with Gasteiger partial charge in [0.05, 0.1) is 16.4 Å². The molecule has 1 aliphatic heterocycles. The number of rotatable bonds is 7. The first-order chi connectivity index (χ1) is 14.3. The number of hydrogen-bond donors (Lipinski definition) is 2. The maximum absolute atomic E-state index is 13.3. The molecule has 0 saturated carbocycles. The molecule has 2 unspecified atom stereocenters. The van der Waals surface area contributed by atoms with Crippen molar-refractivity contribution in [2.75, 3.05) is 18.5 Å². The van der Waals surface area contributed by atoms with Crippen LogP contribution in [0.25, 0.3) is 0 Å². The van der Waals surface area contributed by atoms with Crippen molar-refractivity contribution in [2.24, 2.45) is 5.92 Å². The normalized spacial score (nSPS) is 19.1. The smallest absolute Gasteiger partial charge is 0.293 e. The molecule has 0 bridgehead atoms. The molecule has 11 heteroatoms. The third-order valence-electron chi connectivity index (χ3n) is 4.66. The summed E-state index contributed by atoms with van der Waals surface area (Å²) in [6.07, 6.45) is -0.570. The van der Waals surface area contributed by atoms with E-state index in [4.69, 9.17) is 4.74 Å². The summed E-state index contributed by atoms with van der Waals surface area (Å²) in [5, 5.41) is 14.3. The number of nitrogens with one attached hydrogen (secondary N) is 2. The molecule has 0 aliphatic carbocycles. The maximum Gasteiger partial charge on any atom is 0.293 e. The number of nitro benzene ring substituents is 1. The molecule has 2 atom stereocenters. The second-order valence-corrected chi connectivity index (χ2v) is 8.47. The van der Waals surface area contributed by atoms with Gasteiger partial charge < -0.3 is 10.1 Å². The molecule has 30 heavy (non-hydrogen) atoms. The van der Waals surface area contributed by atoms with E-state index in [1.165, 1.54) is 18.2 Å². The Hall–Kier alpha value is -3.05. The number of sulfonamides is 1. The van der Waals surface area contributed by atoms with Crippen LogP contribution in [0.1, 0.15) is 23.2 Å². The Morgan fingerprint density at radius 2 is 1.97 bits per heavy atom.